The fraction of sp³-hybridized carbons (Fsp3) is 0.500. The van der Waals surface area contributed by atoms with Crippen LogP contribution < -0.4 is 0 Å². The van der Waals surface area contributed by atoms with Crippen molar-refractivity contribution in [3.63, 3.8) is 0 Å². The number of halogens is 1. The Morgan fingerprint density at radius 2 is 1.77 bits per heavy atom. The molecule has 6 heteroatoms. The molecule has 2 rings (SSSR count). The lowest BCUT2D eigenvalue weighted by atomic mass is 9.97. The fourth-order valence-corrected chi connectivity index (χ4v) is 2.63. The van der Waals surface area contributed by atoms with Crippen LogP contribution in [-0.2, 0) is 9.59 Å². The summed E-state index contributed by atoms with van der Waals surface area (Å²) < 4.78 is 13.2. The number of hydrogen-bond acceptors (Lipinski definition) is 3. The number of carbonyl (C=O) groups excluding carboxylic acids is 2. The summed E-state index contributed by atoms with van der Waals surface area (Å²) in [5.41, 5.74) is 0.808. The van der Waals surface area contributed by atoms with Gasteiger partial charge in [0.2, 0.25) is 11.8 Å². The molecular weight excluding hydrogens is 287 g/mol. The molecule has 1 N–H and O–H groups in total. The van der Waals surface area contributed by atoms with Gasteiger partial charge in [-0.1, -0.05) is 19.1 Å². The summed E-state index contributed by atoms with van der Waals surface area (Å²) in [5.74, 6) is -0.652. The maximum Gasteiger partial charge on any atom is 0.248 e. The van der Waals surface area contributed by atoms with Gasteiger partial charge in [-0.15, -0.1) is 0 Å². The van der Waals surface area contributed by atoms with Gasteiger partial charge in [0.25, 0.3) is 0 Å². The third-order valence-corrected chi connectivity index (χ3v) is 4.02. The Morgan fingerprint density at radius 1 is 1.18 bits per heavy atom. The van der Waals surface area contributed by atoms with Crippen molar-refractivity contribution in [1.29, 1.82) is 0 Å². The molecule has 0 aromatic heterocycles. The van der Waals surface area contributed by atoms with Gasteiger partial charge in [0.15, 0.2) is 0 Å². The molecule has 0 bridgehead atoms. The Kier molecular flexibility index (Phi) is 5.49. The number of aliphatic hydroxyl groups is 1. The first-order valence-corrected chi connectivity index (χ1v) is 7.43. The maximum atomic E-state index is 13.2. The van der Waals surface area contributed by atoms with Crippen LogP contribution in [0, 0.1) is 5.82 Å². The third kappa shape index (κ3) is 4.04. The highest BCUT2D eigenvalue weighted by molar-refractivity contribution is 5.79. The predicted molar refractivity (Wildman–Crippen MR) is 79.7 cm³/mol. The average molecular weight is 308 g/mol. The van der Waals surface area contributed by atoms with E-state index in [9.17, 15) is 14.0 Å². The van der Waals surface area contributed by atoms with E-state index < -0.39 is 6.61 Å². The summed E-state index contributed by atoms with van der Waals surface area (Å²) in [6, 6.07) is 6.30. The van der Waals surface area contributed by atoms with Crippen molar-refractivity contribution in [1.82, 2.24) is 9.80 Å². The minimum absolute atomic E-state index is 0.00728. The van der Waals surface area contributed by atoms with Crippen LogP contribution in [0.5, 0.6) is 0 Å². The lowest BCUT2D eigenvalue weighted by Crippen LogP contribution is -2.51. The van der Waals surface area contributed by atoms with Crippen LogP contribution in [0.25, 0.3) is 0 Å². The Hall–Kier alpha value is -1.95. The Bertz CT molecular complexity index is 542. The van der Waals surface area contributed by atoms with Crippen LogP contribution in [-0.4, -0.2) is 59.5 Å². The van der Waals surface area contributed by atoms with Gasteiger partial charge in [-0.25, -0.2) is 4.39 Å². The van der Waals surface area contributed by atoms with Gasteiger partial charge in [0.1, 0.15) is 12.4 Å². The molecule has 2 amide bonds. The zero-order valence-electron chi connectivity index (χ0n) is 12.7. The van der Waals surface area contributed by atoms with Crippen LogP contribution in [0.1, 0.15) is 24.8 Å². The normalized spacial score (nSPS) is 16.5. The smallest absolute Gasteiger partial charge is 0.248 e. The lowest BCUT2D eigenvalue weighted by molar-refractivity contribution is -0.141. The Morgan fingerprint density at radius 3 is 2.32 bits per heavy atom. The van der Waals surface area contributed by atoms with Crippen LogP contribution in [0.4, 0.5) is 4.39 Å². The minimum Gasteiger partial charge on any atom is -0.387 e. The molecule has 1 aromatic rings. The molecule has 120 valence electrons. The van der Waals surface area contributed by atoms with Gasteiger partial charge in [0.05, 0.1) is 0 Å². The second kappa shape index (κ2) is 7.35. The molecule has 1 unspecified atom stereocenters. The van der Waals surface area contributed by atoms with E-state index in [0.717, 1.165) is 5.56 Å². The summed E-state index contributed by atoms with van der Waals surface area (Å²) in [5, 5.41) is 8.83. The number of piperazine rings is 1. The molecule has 1 saturated heterocycles. The molecule has 1 fully saturated rings. The minimum atomic E-state index is -0.495. The predicted octanol–water partition coefficient (Wildman–Crippen LogP) is 0.982. The van der Waals surface area contributed by atoms with Crippen LogP contribution in [0.3, 0.4) is 0 Å². The summed E-state index contributed by atoms with van der Waals surface area (Å²) in [6.07, 6.45) is 0.317. The van der Waals surface area contributed by atoms with Gasteiger partial charge < -0.3 is 14.9 Å². The van der Waals surface area contributed by atoms with Crippen molar-refractivity contribution in [2.75, 3.05) is 32.8 Å². The molecule has 0 saturated carbocycles. The van der Waals surface area contributed by atoms with E-state index in [-0.39, 0.29) is 23.5 Å². The third-order valence-electron chi connectivity index (χ3n) is 4.02. The molecule has 1 aliphatic heterocycles. The largest absolute Gasteiger partial charge is 0.387 e. The molecule has 0 aliphatic carbocycles. The van der Waals surface area contributed by atoms with Gasteiger partial charge in [0, 0.05) is 32.6 Å². The monoisotopic (exact) mass is 308 g/mol. The topological polar surface area (TPSA) is 60.9 Å². The highest BCUT2D eigenvalue weighted by atomic mass is 19.1. The van der Waals surface area contributed by atoms with Crippen molar-refractivity contribution in [3.05, 3.63) is 35.6 Å². The zero-order chi connectivity index (χ0) is 16.1. The van der Waals surface area contributed by atoms with Gasteiger partial charge in [-0.05, 0) is 23.6 Å². The van der Waals surface area contributed by atoms with Crippen molar-refractivity contribution in [2.45, 2.75) is 19.3 Å². The Balaban J connectivity index is 1.87. The molecule has 22 heavy (non-hydrogen) atoms. The van der Waals surface area contributed by atoms with E-state index in [0.29, 0.717) is 32.6 Å². The number of benzene rings is 1. The van der Waals surface area contributed by atoms with Gasteiger partial charge in [-0.3, -0.25) is 9.59 Å². The van der Waals surface area contributed by atoms with E-state index >= 15 is 0 Å². The number of amides is 2. The molecule has 5 nitrogen and oxygen atoms in total. The fourth-order valence-electron chi connectivity index (χ4n) is 2.63. The first kappa shape index (κ1) is 16.4. The van der Waals surface area contributed by atoms with Gasteiger partial charge >= 0.3 is 0 Å². The molecule has 1 aliphatic rings. The quantitative estimate of drug-likeness (QED) is 0.902. The van der Waals surface area contributed by atoms with Gasteiger partial charge in [-0.2, -0.15) is 0 Å². The van der Waals surface area contributed by atoms with Crippen molar-refractivity contribution >= 4 is 11.8 Å². The Labute approximate surface area is 129 Å². The number of aliphatic hydroxyl groups excluding tert-OH is 1. The van der Waals surface area contributed by atoms with Crippen LogP contribution >= 0.6 is 0 Å². The highest BCUT2D eigenvalue weighted by Gasteiger charge is 2.24. The van der Waals surface area contributed by atoms with E-state index in [1.807, 2.05) is 13.0 Å². The van der Waals surface area contributed by atoms with Crippen molar-refractivity contribution in [2.24, 2.45) is 0 Å². The highest BCUT2D eigenvalue weighted by Crippen LogP contribution is 2.21. The molecular formula is C16H21FN2O3. The summed E-state index contributed by atoms with van der Waals surface area (Å²) in [4.78, 5) is 26.9. The van der Waals surface area contributed by atoms with Crippen LogP contribution in [0.15, 0.2) is 24.3 Å². The van der Waals surface area contributed by atoms with E-state index in [2.05, 4.69) is 0 Å². The first-order chi connectivity index (χ1) is 10.5. The molecule has 0 spiro atoms. The molecule has 0 radical (unpaired) electrons. The second-order valence-corrected chi connectivity index (χ2v) is 5.58. The number of hydrogen-bond donors (Lipinski definition) is 1. The number of rotatable bonds is 4. The summed E-state index contributed by atoms with van der Waals surface area (Å²) >= 11 is 0. The molecule has 1 aromatic carbocycles. The van der Waals surface area contributed by atoms with Crippen molar-refractivity contribution < 1.29 is 19.1 Å². The average Bonchev–Trinajstić information content (AvgIpc) is 2.54. The van der Waals surface area contributed by atoms with Crippen molar-refractivity contribution in [3.8, 4) is 0 Å². The second-order valence-electron chi connectivity index (χ2n) is 5.58. The number of nitrogens with zero attached hydrogens (tertiary/aromatic N) is 2. The van der Waals surface area contributed by atoms with E-state index in [1.165, 1.54) is 12.1 Å². The van der Waals surface area contributed by atoms with Crippen LogP contribution in [0.2, 0.25) is 0 Å². The molecule has 1 heterocycles. The number of carbonyl (C=O) groups is 2. The summed E-state index contributed by atoms with van der Waals surface area (Å²) in [7, 11) is 0. The maximum absolute atomic E-state index is 13.2. The standard InChI is InChI=1S/C16H21FN2O3/c1-12(13-3-2-4-14(17)10-13)9-15(21)18-5-7-19(8-6-18)16(22)11-20/h2-4,10,12,20H,5-9,11H2,1H3. The van der Waals surface area contributed by atoms with E-state index in [4.69, 9.17) is 5.11 Å². The lowest BCUT2D eigenvalue weighted by Gasteiger charge is -2.35. The SMILES string of the molecule is CC(CC(=O)N1CCN(C(=O)CO)CC1)c1cccc(F)c1. The first-order valence-electron chi connectivity index (χ1n) is 7.43. The molecule has 1 atom stereocenters. The summed E-state index contributed by atoms with van der Waals surface area (Å²) in [6.45, 7) is 3.24. The zero-order valence-corrected chi connectivity index (χ0v) is 12.7. The van der Waals surface area contributed by atoms with E-state index in [1.54, 1.807) is 15.9 Å².